The molecule has 21 heavy (non-hydrogen) atoms. The van der Waals surface area contributed by atoms with E-state index in [1.165, 1.54) is 0 Å². The average Bonchev–Trinajstić information content (AvgIpc) is 2.39. The van der Waals surface area contributed by atoms with E-state index >= 15 is 0 Å². The monoisotopic (exact) mass is 302 g/mol. The molecule has 1 rings (SSSR count). The number of amides is 1. The van der Waals surface area contributed by atoms with E-state index in [-0.39, 0.29) is 31.4 Å². The second-order valence-corrected chi connectivity index (χ2v) is 7.22. The van der Waals surface area contributed by atoms with Crippen LogP contribution in [0.5, 0.6) is 0 Å². The summed E-state index contributed by atoms with van der Waals surface area (Å²) in [4.78, 5) is 11.7. The summed E-state index contributed by atoms with van der Waals surface area (Å²) in [7, 11) is 0. The van der Waals surface area contributed by atoms with Crippen LogP contribution in [0.15, 0.2) is 0 Å². The number of nitrogens with one attached hydrogen (secondary N) is 2. The predicted octanol–water partition coefficient (Wildman–Crippen LogP) is 1.16. The standard InChI is InChI=1S/C15H30N2O4/c1-14(2,3)21-13(20)16-11-5-7-12(8-6-11)17-15(4,9-18)10-19/h11-12,17-19H,5-10H2,1-4H3,(H,16,20). The van der Waals surface area contributed by atoms with Gasteiger partial charge in [0, 0.05) is 12.1 Å². The molecule has 0 unspecified atom stereocenters. The Morgan fingerprint density at radius 2 is 1.52 bits per heavy atom. The topological polar surface area (TPSA) is 90.8 Å². The van der Waals surface area contributed by atoms with Crippen LogP contribution in [0.4, 0.5) is 4.79 Å². The maximum absolute atomic E-state index is 11.7. The number of aliphatic hydroxyl groups excluding tert-OH is 2. The average molecular weight is 302 g/mol. The molecule has 1 saturated carbocycles. The van der Waals surface area contributed by atoms with Crippen molar-refractivity contribution in [3.63, 3.8) is 0 Å². The molecule has 0 saturated heterocycles. The van der Waals surface area contributed by atoms with Crippen LogP contribution in [0.1, 0.15) is 53.4 Å². The van der Waals surface area contributed by atoms with Gasteiger partial charge in [-0.25, -0.2) is 4.79 Å². The molecule has 0 atom stereocenters. The smallest absolute Gasteiger partial charge is 0.407 e. The van der Waals surface area contributed by atoms with Gasteiger partial charge in [-0.2, -0.15) is 0 Å². The van der Waals surface area contributed by atoms with Gasteiger partial charge in [-0.3, -0.25) is 0 Å². The van der Waals surface area contributed by atoms with Gasteiger partial charge in [-0.05, 0) is 53.4 Å². The van der Waals surface area contributed by atoms with Crippen molar-refractivity contribution in [2.75, 3.05) is 13.2 Å². The molecule has 1 aliphatic rings. The zero-order valence-corrected chi connectivity index (χ0v) is 13.6. The van der Waals surface area contributed by atoms with Crippen molar-refractivity contribution in [3.05, 3.63) is 0 Å². The second-order valence-electron chi connectivity index (χ2n) is 7.22. The van der Waals surface area contributed by atoms with Crippen molar-refractivity contribution in [1.82, 2.24) is 10.6 Å². The molecule has 4 N–H and O–H groups in total. The number of hydrogen-bond acceptors (Lipinski definition) is 5. The molecule has 0 aromatic heterocycles. The van der Waals surface area contributed by atoms with Crippen LogP contribution in [-0.4, -0.2) is 52.7 Å². The number of carbonyl (C=O) groups excluding carboxylic acids is 1. The Morgan fingerprint density at radius 1 is 1.05 bits per heavy atom. The van der Waals surface area contributed by atoms with E-state index in [1.54, 1.807) is 6.92 Å². The lowest BCUT2D eigenvalue weighted by molar-refractivity contribution is 0.0481. The molecule has 6 nitrogen and oxygen atoms in total. The molecule has 1 fully saturated rings. The third-order valence-electron chi connectivity index (χ3n) is 3.70. The van der Waals surface area contributed by atoms with Gasteiger partial charge in [0.1, 0.15) is 5.60 Å². The van der Waals surface area contributed by atoms with Crippen LogP contribution in [-0.2, 0) is 4.74 Å². The minimum absolute atomic E-state index is 0.0976. The fourth-order valence-electron chi connectivity index (χ4n) is 2.49. The summed E-state index contributed by atoms with van der Waals surface area (Å²) in [5, 5.41) is 24.8. The first kappa shape index (κ1) is 18.2. The number of alkyl carbamates (subject to hydrolysis) is 1. The van der Waals surface area contributed by atoms with Gasteiger partial charge >= 0.3 is 6.09 Å². The Bertz CT molecular complexity index is 329. The Kier molecular flexibility index (Phi) is 6.43. The number of aliphatic hydroxyl groups is 2. The van der Waals surface area contributed by atoms with Crippen LogP contribution < -0.4 is 10.6 Å². The molecule has 0 spiro atoms. The zero-order valence-electron chi connectivity index (χ0n) is 13.6. The number of rotatable bonds is 5. The minimum Gasteiger partial charge on any atom is -0.444 e. The molecular formula is C15H30N2O4. The van der Waals surface area contributed by atoms with Crippen molar-refractivity contribution in [3.8, 4) is 0 Å². The predicted molar refractivity (Wildman–Crippen MR) is 81.1 cm³/mol. The Hall–Kier alpha value is -0.850. The summed E-state index contributed by atoms with van der Waals surface area (Å²) in [5.74, 6) is 0. The van der Waals surface area contributed by atoms with Crippen LogP contribution in [0.2, 0.25) is 0 Å². The van der Waals surface area contributed by atoms with E-state index in [2.05, 4.69) is 10.6 Å². The third-order valence-corrected chi connectivity index (χ3v) is 3.70. The highest BCUT2D eigenvalue weighted by atomic mass is 16.6. The first-order chi connectivity index (χ1) is 9.67. The number of carbonyl (C=O) groups is 1. The summed E-state index contributed by atoms with van der Waals surface area (Å²) in [6.07, 6.45) is 3.16. The van der Waals surface area contributed by atoms with E-state index in [9.17, 15) is 15.0 Å². The third kappa shape index (κ3) is 6.63. The zero-order chi connectivity index (χ0) is 16.1. The molecule has 0 heterocycles. The summed E-state index contributed by atoms with van der Waals surface area (Å²) >= 11 is 0. The van der Waals surface area contributed by atoms with Crippen molar-refractivity contribution < 1.29 is 19.7 Å². The fraction of sp³-hybridized carbons (Fsp3) is 0.933. The lowest BCUT2D eigenvalue weighted by Gasteiger charge is -2.36. The van der Waals surface area contributed by atoms with Gasteiger partial charge in [0.25, 0.3) is 0 Å². The first-order valence-corrected chi connectivity index (χ1v) is 7.66. The lowest BCUT2D eigenvalue weighted by Crippen LogP contribution is -2.55. The molecule has 0 bridgehead atoms. The van der Waals surface area contributed by atoms with Crippen LogP contribution in [0.25, 0.3) is 0 Å². The quantitative estimate of drug-likeness (QED) is 0.612. The molecule has 1 amide bonds. The summed E-state index contributed by atoms with van der Waals surface area (Å²) in [6.45, 7) is 7.14. The first-order valence-electron chi connectivity index (χ1n) is 7.66. The Balaban J connectivity index is 2.34. The van der Waals surface area contributed by atoms with Crippen LogP contribution >= 0.6 is 0 Å². The number of hydrogen-bond donors (Lipinski definition) is 4. The van der Waals surface area contributed by atoms with Crippen LogP contribution in [0, 0.1) is 0 Å². The van der Waals surface area contributed by atoms with Gasteiger partial charge in [0.15, 0.2) is 0 Å². The van der Waals surface area contributed by atoms with E-state index in [1.807, 2.05) is 20.8 Å². The molecular weight excluding hydrogens is 272 g/mol. The van der Waals surface area contributed by atoms with Gasteiger partial charge in [0.2, 0.25) is 0 Å². The highest BCUT2D eigenvalue weighted by molar-refractivity contribution is 5.68. The number of ether oxygens (including phenoxy) is 1. The fourth-order valence-corrected chi connectivity index (χ4v) is 2.49. The molecule has 0 radical (unpaired) electrons. The van der Waals surface area contributed by atoms with Crippen molar-refractivity contribution in [1.29, 1.82) is 0 Å². The maximum Gasteiger partial charge on any atom is 0.407 e. The molecule has 0 aromatic carbocycles. The lowest BCUT2D eigenvalue weighted by atomic mass is 9.89. The highest BCUT2D eigenvalue weighted by Crippen LogP contribution is 2.21. The van der Waals surface area contributed by atoms with E-state index in [0.29, 0.717) is 0 Å². The molecule has 124 valence electrons. The Labute approximate surface area is 127 Å². The summed E-state index contributed by atoms with van der Waals surface area (Å²) in [6, 6.07) is 0.387. The van der Waals surface area contributed by atoms with Crippen LogP contribution in [0.3, 0.4) is 0 Å². The van der Waals surface area contributed by atoms with Gasteiger partial charge < -0.3 is 25.6 Å². The normalized spacial score (nSPS) is 23.7. The van der Waals surface area contributed by atoms with E-state index in [4.69, 9.17) is 4.74 Å². The van der Waals surface area contributed by atoms with E-state index < -0.39 is 11.1 Å². The molecule has 6 heteroatoms. The Morgan fingerprint density at radius 3 is 1.95 bits per heavy atom. The van der Waals surface area contributed by atoms with Crippen molar-refractivity contribution in [2.45, 2.75) is 76.6 Å². The highest BCUT2D eigenvalue weighted by Gasteiger charge is 2.30. The molecule has 0 aromatic rings. The summed E-state index contributed by atoms with van der Waals surface area (Å²) < 4.78 is 5.25. The van der Waals surface area contributed by atoms with Gasteiger partial charge in [0.05, 0.1) is 18.8 Å². The van der Waals surface area contributed by atoms with Crippen molar-refractivity contribution in [2.24, 2.45) is 0 Å². The molecule has 1 aliphatic carbocycles. The van der Waals surface area contributed by atoms with E-state index in [0.717, 1.165) is 25.7 Å². The van der Waals surface area contributed by atoms with Gasteiger partial charge in [-0.15, -0.1) is 0 Å². The second kappa shape index (κ2) is 7.42. The van der Waals surface area contributed by atoms with Gasteiger partial charge in [-0.1, -0.05) is 0 Å². The minimum atomic E-state index is -0.643. The summed E-state index contributed by atoms with van der Waals surface area (Å²) in [5.41, 5.74) is -1.12. The maximum atomic E-state index is 11.7. The largest absolute Gasteiger partial charge is 0.444 e. The molecule has 0 aliphatic heterocycles. The SMILES string of the molecule is CC(CO)(CO)NC1CCC(NC(=O)OC(C)(C)C)CC1. The van der Waals surface area contributed by atoms with Crippen molar-refractivity contribution >= 4 is 6.09 Å².